The van der Waals surface area contributed by atoms with Crippen molar-refractivity contribution in [1.82, 2.24) is 0 Å². The van der Waals surface area contributed by atoms with E-state index in [0.29, 0.717) is 13.0 Å². The fraction of sp³-hybridized carbons (Fsp3) is 0.750. The van der Waals surface area contributed by atoms with Crippen LogP contribution in [0.4, 0.5) is 0 Å². The third kappa shape index (κ3) is 3.67. The highest BCUT2D eigenvalue weighted by atomic mass is 32.1. The van der Waals surface area contributed by atoms with Gasteiger partial charge in [0.05, 0.1) is 19.1 Å². The highest BCUT2D eigenvalue weighted by molar-refractivity contribution is 7.78. The zero-order chi connectivity index (χ0) is 9.61. The fourth-order valence-electron chi connectivity index (χ4n) is 0.741. The van der Waals surface area contributed by atoms with Crippen molar-refractivity contribution in [3.8, 4) is 0 Å². The number of ether oxygens (including phenoxy) is 2. The Bertz CT molecular complexity index is 166. The zero-order valence-electron chi connectivity index (χ0n) is 7.62. The van der Waals surface area contributed by atoms with E-state index in [0.717, 1.165) is 0 Å². The van der Waals surface area contributed by atoms with Gasteiger partial charge in [0.2, 0.25) is 0 Å². The van der Waals surface area contributed by atoms with Gasteiger partial charge in [0.1, 0.15) is 5.55 Å². The molecule has 0 atom stereocenters. The monoisotopic (exact) mass is 190 g/mol. The molecule has 0 aliphatic heterocycles. The van der Waals surface area contributed by atoms with E-state index >= 15 is 0 Å². The number of hydrogen-bond acceptors (Lipinski definition) is 4. The lowest BCUT2D eigenvalue weighted by Gasteiger charge is -2.20. The van der Waals surface area contributed by atoms with Gasteiger partial charge in [-0.15, -0.1) is 0 Å². The lowest BCUT2D eigenvalue weighted by Crippen LogP contribution is -2.26. The minimum Gasteiger partial charge on any atom is -0.490 e. The smallest absolute Gasteiger partial charge is 0.311 e. The van der Waals surface area contributed by atoms with E-state index in [1.807, 2.05) is 13.8 Å². The van der Waals surface area contributed by atoms with Crippen LogP contribution in [0.1, 0.15) is 20.3 Å². The summed E-state index contributed by atoms with van der Waals surface area (Å²) in [5, 5.41) is 0. The maximum atomic E-state index is 11.1. The first kappa shape index (κ1) is 11.4. The van der Waals surface area contributed by atoms with Gasteiger partial charge >= 0.3 is 5.97 Å². The molecule has 0 fully saturated rings. The number of methoxy groups -OCH3 is 1. The molecule has 0 aliphatic rings. The fourth-order valence-corrected chi connectivity index (χ4v) is 0.837. The van der Waals surface area contributed by atoms with Crippen LogP contribution in [0.2, 0.25) is 0 Å². The normalized spacial score (nSPS) is 10.6. The molecule has 0 aromatic rings. The molecule has 0 heterocycles. The van der Waals surface area contributed by atoms with E-state index in [2.05, 4.69) is 17.0 Å². The summed E-state index contributed by atoms with van der Waals surface area (Å²) in [5.74, 6) is -0.226. The summed E-state index contributed by atoms with van der Waals surface area (Å²) < 4.78 is 9.46. The SMILES string of the molecule is COC(=O)C(C)(C)CCOC=S. The van der Waals surface area contributed by atoms with Crippen molar-refractivity contribution in [3.05, 3.63) is 0 Å². The van der Waals surface area contributed by atoms with Crippen molar-refractivity contribution in [2.75, 3.05) is 13.7 Å². The maximum Gasteiger partial charge on any atom is 0.311 e. The molecular weight excluding hydrogens is 176 g/mol. The number of hydrogen-bond donors (Lipinski definition) is 0. The number of carbonyl (C=O) groups is 1. The average molecular weight is 190 g/mol. The Morgan fingerprint density at radius 1 is 1.58 bits per heavy atom. The summed E-state index contributed by atoms with van der Waals surface area (Å²) in [6.45, 7) is 4.07. The van der Waals surface area contributed by atoms with E-state index < -0.39 is 5.41 Å². The van der Waals surface area contributed by atoms with Crippen molar-refractivity contribution in [3.63, 3.8) is 0 Å². The summed E-state index contributed by atoms with van der Waals surface area (Å²) in [6, 6.07) is 0. The third-order valence-electron chi connectivity index (χ3n) is 1.65. The van der Waals surface area contributed by atoms with Crippen molar-refractivity contribution < 1.29 is 14.3 Å². The number of thiocarbonyl (C=S) groups is 1. The van der Waals surface area contributed by atoms with Crippen molar-refractivity contribution in [2.45, 2.75) is 20.3 Å². The Morgan fingerprint density at radius 3 is 2.58 bits per heavy atom. The van der Waals surface area contributed by atoms with Gasteiger partial charge in [-0.1, -0.05) is 0 Å². The molecule has 0 unspecified atom stereocenters. The molecule has 70 valence electrons. The first-order valence-corrected chi connectivity index (χ1v) is 4.15. The Kier molecular flexibility index (Phi) is 4.81. The molecule has 12 heavy (non-hydrogen) atoms. The number of carbonyl (C=O) groups excluding carboxylic acids is 1. The highest BCUT2D eigenvalue weighted by Gasteiger charge is 2.28. The second kappa shape index (κ2) is 5.09. The molecule has 0 saturated carbocycles. The molecule has 0 aromatic heterocycles. The van der Waals surface area contributed by atoms with Crippen LogP contribution in [0.15, 0.2) is 0 Å². The standard InChI is InChI=1S/C8H14O3S/c1-8(2,7(9)10-3)4-5-11-6-12/h6H,4-5H2,1-3H3. The lowest BCUT2D eigenvalue weighted by molar-refractivity contribution is -0.151. The molecule has 0 bridgehead atoms. The number of esters is 1. The predicted molar refractivity (Wildman–Crippen MR) is 50.0 cm³/mol. The third-order valence-corrected chi connectivity index (χ3v) is 1.79. The first-order chi connectivity index (χ1) is 5.54. The quantitative estimate of drug-likeness (QED) is 0.374. The van der Waals surface area contributed by atoms with E-state index in [1.165, 1.54) is 12.7 Å². The second-order valence-electron chi connectivity index (χ2n) is 3.09. The lowest BCUT2D eigenvalue weighted by atomic mass is 9.90. The van der Waals surface area contributed by atoms with Crippen molar-refractivity contribution in [1.29, 1.82) is 0 Å². The van der Waals surface area contributed by atoms with Gasteiger partial charge in [0.15, 0.2) is 0 Å². The van der Waals surface area contributed by atoms with Gasteiger partial charge in [0.25, 0.3) is 0 Å². The van der Waals surface area contributed by atoms with Crippen molar-refractivity contribution >= 4 is 23.7 Å². The van der Waals surface area contributed by atoms with Crippen LogP contribution in [0.3, 0.4) is 0 Å². The molecule has 3 nitrogen and oxygen atoms in total. The zero-order valence-corrected chi connectivity index (χ0v) is 8.44. The molecular formula is C8H14O3S. The van der Waals surface area contributed by atoms with Gasteiger partial charge in [-0.25, -0.2) is 0 Å². The molecule has 0 N–H and O–H groups in total. The molecule has 0 aliphatic carbocycles. The van der Waals surface area contributed by atoms with Gasteiger partial charge in [-0.3, -0.25) is 4.79 Å². The Labute approximate surface area is 78.0 Å². The van der Waals surface area contributed by atoms with Gasteiger partial charge < -0.3 is 9.47 Å². The van der Waals surface area contributed by atoms with E-state index in [1.54, 1.807) is 0 Å². The van der Waals surface area contributed by atoms with E-state index in [9.17, 15) is 4.79 Å². The molecule has 0 spiro atoms. The van der Waals surface area contributed by atoms with E-state index in [-0.39, 0.29) is 5.97 Å². The molecule has 4 heteroatoms. The van der Waals surface area contributed by atoms with Crippen LogP contribution in [0.25, 0.3) is 0 Å². The number of rotatable bonds is 5. The molecule has 0 aromatic carbocycles. The largest absolute Gasteiger partial charge is 0.490 e. The van der Waals surface area contributed by atoms with Gasteiger partial charge in [-0.2, -0.15) is 0 Å². The molecule has 0 amide bonds. The van der Waals surface area contributed by atoms with Crippen LogP contribution < -0.4 is 0 Å². The summed E-state index contributed by atoms with van der Waals surface area (Å²) in [5.41, 5.74) is 0.709. The second-order valence-corrected chi connectivity index (χ2v) is 3.28. The summed E-state index contributed by atoms with van der Waals surface area (Å²) in [4.78, 5) is 11.1. The Hall–Kier alpha value is -0.640. The predicted octanol–water partition coefficient (Wildman–Crippen LogP) is 1.55. The van der Waals surface area contributed by atoms with Crippen LogP contribution in [-0.2, 0) is 14.3 Å². The summed E-state index contributed by atoms with van der Waals surface area (Å²) in [6.07, 6.45) is 0.604. The highest BCUT2D eigenvalue weighted by Crippen LogP contribution is 2.21. The topological polar surface area (TPSA) is 35.5 Å². The van der Waals surface area contributed by atoms with Crippen LogP contribution in [-0.4, -0.2) is 25.2 Å². The summed E-state index contributed by atoms with van der Waals surface area (Å²) in [7, 11) is 1.38. The Balaban J connectivity index is 3.86. The molecule has 0 radical (unpaired) electrons. The van der Waals surface area contributed by atoms with Gasteiger partial charge in [-0.05, 0) is 32.5 Å². The summed E-state index contributed by atoms with van der Waals surface area (Å²) >= 11 is 4.47. The first-order valence-electron chi connectivity index (χ1n) is 3.68. The maximum absolute atomic E-state index is 11.1. The van der Waals surface area contributed by atoms with Crippen molar-refractivity contribution in [2.24, 2.45) is 5.41 Å². The van der Waals surface area contributed by atoms with E-state index in [4.69, 9.17) is 4.74 Å². The Morgan fingerprint density at radius 2 is 2.17 bits per heavy atom. The van der Waals surface area contributed by atoms with Crippen LogP contribution in [0.5, 0.6) is 0 Å². The average Bonchev–Trinajstić information content (AvgIpc) is 2.03. The molecule has 0 saturated heterocycles. The molecule has 0 rings (SSSR count). The minimum absolute atomic E-state index is 0.226. The van der Waals surface area contributed by atoms with Crippen LogP contribution in [0, 0.1) is 5.41 Å². The van der Waals surface area contributed by atoms with Gasteiger partial charge in [0, 0.05) is 0 Å². The van der Waals surface area contributed by atoms with Crippen LogP contribution >= 0.6 is 12.2 Å². The minimum atomic E-state index is -0.493.